The molecule has 0 aromatic heterocycles. The van der Waals surface area contributed by atoms with E-state index in [-0.39, 0.29) is 0 Å². The first-order chi connectivity index (χ1) is 9.06. The smallest absolute Gasteiger partial charge is 0.0595 e. The first kappa shape index (κ1) is 15.3. The Hall–Kier alpha value is -0.120. The predicted molar refractivity (Wildman–Crippen MR) is 80.4 cm³/mol. The van der Waals surface area contributed by atoms with E-state index in [1.54, 1.807) is 0 Å². The normalized spacial score (nSPS) is 33.5. The number of methoxy groups -OCH3 is 1. The van der Waals surface area contributed by atoms with Gasteiger partial charge in [-0.05, 0) is 44.1 Å². The van der Waals surface area contributed by atoms with Crippen LogP contribution in [-0.2, 0) is 4.74 Å². The predicted octanol–water partition coefficient (Wildman–Crippen LogP) is 2.51. The van der Waals surface area contributed by atoms with Crippen molar-refractivity contribution in [1.29, 1.82) is 0 Å². The molecule has 0 amide bonds. The minimum Gasteiger partial charge on any atom is -0.381 e. The number of nitrogens with zero attached hydrogens (tertiary/aromatic N) is 1. The van der Waals surface area contributed by atoms with Gasteiger partial charge < -0.3 is 15.0 Å². The zero-order chi connectivity index (χ0) is 13.9. The van der Waals surface area contributed by atoms with Gasteiger partial charge in [0.05, 0.1) is 6.10 Å². The van der Waals surface area contributed by atoms with E-state index in [4.69, 9.17) is 4.74 Å². The largest absolute Gasteiger partial charge is 0.381 e. The summed E-state index contributed by atoms with van der Waals surface area (Å²) in [5.41, 5.74) is 0.447. The van der Waals surface area contributed by atoms with Gasteiger partial charge in [-0.25, -0.2) is 0 Å². The number of piperidine rings is 1. The summed E-state index contributed by atoms with van der Waals surface area (Å²) in [6.45, 7) is 8.55. The number of hydrogen-bond acceptors (Lipinski definition) is 3. The minimum absolute atomic E-state index is 0.447. The molecule has 1 aliphatic carbocycles. The van der Waals surface area contributed by atoms with Crippen molar-refractivity contribution < 1.29 is 4.74 Å². The molecule has 3 nitrogen and oxygen atoms in total. The van der Waals surface area contributed by atoms with Crippen molar-refractivity contribution >= 4 is 0 Å². The molecule has 0 radical (unpaired) electrons. The Kier molecular flexibility index (Phi) is 5.27. The van der Waals surface area contributed by atoms with Gasteiger partial charge in [0.25, 0.3) is 0 Å². The standard InChI is InChI=1S/C16H32N2O/c1-16(2)9-5-6-13(15(16)17-3)12-18-10-7-14(19-4)8-11-18/h13-15,17H,5-12H2,1-4H3. The Bertz CT molecular complexity index is 272. The Morgan fingerprint density at radius 2 is 1.89 bits per heavy atom. The lowest BCUT2D eigenvalue weighted by atomic mass is 9.67. The van der Waals surface area contributed by atoms with Crippen molar-refractivity contribution in [3.8, 4) is 0 Å². The van der Waals surface area contributed by atoms with Gasteiger partial charge in [0.1, 0.15) is 0 Å². The van der Waals surface area contributed by atoms with Crippen molar-refractivity contribution in [1.82, 2.24) is 10.2 Å². The highest BCUT2D eigenvalue weighted by Gasteiger charge is 2.38. The summed E-state index contributed by atoms with van der Waals surface area (Å²) in [5.74, 6) is 0.813. The van der Waals surface area contributed by atoms with Crippen molar-refractivity contribution in [2.24, 2.45) is 11.3 Å². The lowest BCUT2D eigenvalue weighted by molar-refractivity contribution is 0.0227. The summed E-state index contributed by atoms with van der Waals surface area (Å²) in [5, 5.41) is 3.60. The lowest BCUT2D eigenvalue weighted by Crippen LogP contribution is -2.52. The summed E-state index contributed by atoms with van der Waals surface area (Å²) in [6.07, 6.45) is 7.05. The molecule has 0 spiro atoms. The number of hydrogen-bond donors (Lipinski definition) is 1. The Labute approximate surface area is 119 Å². The van der Waals surface area contributed by atoms with Gasteiger partial charge in [0.15, 0.2) is 0 Å². The third kappa shape index (κ3) is 3.71. The lowest BCUT2D eigenvalue weighted by Gasteiger charge is -2.46. The van der Waals surface area contributed by atoms with Crippen molar-refractivity contribution in [3.63, 3.8) is 0 Å². The summed E-state index contributed by atoms with van der Waals surface area (Å²) in [7, 11) is 3.99. The summed E-state index contributed by atoms with van der Waals surface area (Å²) >= 11 is 0. The third-order valence-electron chi connectivity index (χ3n) is 5.38. The zero-order valence-electron chi connectivity index (χ0n) is 13.2. The van der Waals surface area contributed by atoms with Crippen molar-refractivity contribution in [2.75, 3.05) is 33.8 Å². The number of likely N-dealkylation sites (tertiary alicyclic amines) is 1. The highest BCUT2D eigenvalue weighted by atomic mass is 16.5. The molecule has 2 aliphatic rings. The second-order valence-corrected chi connectivity index (χ2v) is 7.14. The molecule has 2 atom stereocenters. The summed E-state index contributed by atoms with van der Waals surface area (Å²) in [4.78, 5) is 2.66. The molecule has 0 aromatic carbocycles. The van der Waals surface area contributed by atoms with E-state index in [2.05, 4.69) is 31.1 Å². The summed E-state index contributed by atoms with van der Waals surface area (Å²) in [6, 6.07) is 0.668. The van der Waals surface area contributed by atoms with Gasteiger partial charge >= 0.3 is 0 Å². The van der Waals surface area contributed by atoms with Crippen LogP contribution in [0.4, 0.5) is 0 Å². The van der Waals surface area contributed by atoms with Crippen LogP contribution in [0.15, 0.2) is 0 Å². The highest BCUT2D eigenvalue weighted by Crippen LogP contribution is 2.39. The molecule has 1 saturated carbocycles. The molecule has 1 saturated heterocycles. The molecule has 0 bridgehead atoms. The van der Waals surface area contributed by atoms with E-state index in [0.29, 0.717) is 17.6 Å². The average molecular weight is 268 g/mol. The molecule has 2 rings (SSSR count). The van der Waals surface area contributed by atoms with Gasteiger partial charge in [-0.15, -0.1) is 0 Å². The molecular formula is C16H32N2O. The van der Waals surface area contributed by atoms with Crippen LogP contribution in [0.2, 0.25) is 0 Å². The Balaban J connectivity index is 1.87. The molecular weight excluding hydrogens is 236 g/mol. The highest BCUT2D eigenvalue weighted by molar-refractivity contribution is 4.94. The van der Waals surface area contributed by atoms with E-state index in [0.717, 1.165) is 5.92 Å². The second-order valence-electron chi connectivity index (χ2n) is 7.14. The second kappa shape index (κ2) is 6.55. The van der Waals surface area contributed by atoms with Crippen LogP contribution >= 0.6 is 0 Å². The molecule has 1 aliphatic heterocycles. The molecule has 0 aromatic rings. The van der Waals surface area contributed by atoms with Crippen molar-refractivity contribution in [2.45, 2.75) is 58.1 Å². The van der Waals surface area contributed by atoms with Gasteiger partial charge in [0.2, 0.25) is 0 Å². The summed E-state index contributed by atoms with van der Waals surface area (Å²) < 4.78 is 5.47. The average Bonchev–Trinajstić information content (AvgIpc) is 2.39. The third-order valence-corrected chi connectivity index (χ3v) is 5.38. The molecule has 19 heavy (non-hydrogen) atoms. The molecule has 2 unspecified atom stereocenters. The molecule has 1 N–H and O–H groups in total. The fourth-order valence-electron chi connectivity index (χ4n) is 4.26. The SMILES string of the molecule is CNC1C(CN2CCC(OC)CC2)CCCC1(C)C. The van der Waals surface area contributed by atoms with E-state index >= 15 is 0 Å². The number of rotatable bonds is 4. The Morgan fingerprint density at radius 1 is 1.21 bits per heavy atom. The van der Waals surface area contributed by atoms with Crippen LogP contribution in [0, 0.1) is 11.3 Å². The molecule has 3 heteroatoms. The molecule has 112 valence electrons. The molecule has 1 heterocycles. The van der Waals surface area contributed by atoms with Crippen LogP contribution in [0.5, 0.6) is 0 Å². The van der Waals surface area contributed by atoms with E-state index < -0.39 is 0 Å². The molecule has 2 fully saturated rings. The zero-order valence-corrected chi connectivity index (χ0v) is 13.2. The fourth-order valence-corrected chi connectivity index (χ4v) is 4.26. The van der Waals surface area contributed by atoms with Crippen LogP contribution in [0.25, 0.3) is 0 Å². The van der Waals surface area contributed by atoms with Crippen LogP contribution in [-0.4, -0.2) is 50.8 Å². The van der Waals surface area contributed by atoms with Gasteiger partial charge in [-0.1, -0.05) is 20.3 Å². The Morgan fingerprint density at radius 3 is 2.47 bits per heavy atom. The minimum atomic E-state index is 0.447. The fraction of sp³-hybridized carbons (Fsp3) is 1.00. The monoisotopic (exact) mass is 268 g/mol. The van der Waals surface area contributed by atoms with Crippen LogP contribution < -0.4 is 5.32 Å². The quantitative estimate of drug-likeness (QED) is 0.848. The maximum Gasteiger partial charge on any atom is 0.0595 e. The first-order valence-corrected chi connectivity index (χ1v) is 7.99. The topological polar surface area (TPSA) is 24.5 Å². The van der Waals surface area contributed by atoms with Gasteiger partial charge in [-0.3, -0.25) is 0 Å². The maximum atomic E-state index is 5.47. The van der Waals surface area contributed by atoms with Crippen molar-refractivity contribution in [3.05, 3.63) is 0 Å². The van der Waals surface area contributed by atoms with E-state index in [1.807, 2.05) is 7.11 Å². The van der Waals surface area contributed by atoms with Crippen LogP contribution in [0.1, 0.15) is 46.0 Å². The maximum absolute atomic E-state index is 5.47. The van der Waals surface area contributed by atoms with Gasteiger partial charge in [-0.2, -0.15) is 0 Å². The van der Waals surface area contributed by atoms with E-state index in [9.17, 15) is 0 Å². The first-order valence-electron chi connectivity index (χ1n) is 7.99. The number of ether oxygens (including phenoxy) is 1. The van der Waals surface area contributed by atoms with Gasteiger partial charge in [0, 0.05) is 32.8 Å². The number of nitrogens with one attached hydrogen (secondary N) is 1. The van der Waals surface area contributed by atoms with E-state index in [1.165, 1.54) is 51.7 Å². The van der Waals surface area contributed by atoms with Crippen LogP contribution in [0.3, 0.4) is 0 Å².